The Morgan fingerprint density at radius 3 is 2.40 bits per heavy atom. The first-order valence-electron chi connectivity index (χ1n) is 2.50. The lowest BCUT2D eigenvalue weighted by atomic mass is 10.2. The summed E-state index contributed by atoms with van der Waals surface area (Å²) in [6.07, 6.45) is 2.10. The van der Waals surface area contributed by atoms with E-state index in [4.69, 9.17) is 5.11 Å². The minimum Gasteiger partial charge on any atom is -0.478 e. The monoisotopic (exact) mass is 142 g/mol. The molecule has 0 bridgehead atoms. The van der Waals surface area contributed by atoms with Gasteiger partial charge >= 0.3 is 5.97 Å². The predicted octanol–water partition coefficient (Wildman–Crippen LogP) is 1.67. The summed E-state index contributed by atoms with van der Waals surface area (Å²) in [6, 6.07) is 0. The van der Waals surface area contributed by atoms with Crippen molar-refractivity contribution in [2.45, 2.75) is 0 Å². The van der Waals surface area contributed by atoms with Gasteiger partial charge in [0.2, 0.25) is 0 Å². The van der Waals surface area contributed by atoms with E-state index in [1.54, 1.807) is 0 Å². The molecular formula is C7H7FO2. The molecular weight excluding hydrogens is 135 g/mol. The zero-order valence-corrected chi connectivity index (χ0v) is 5.30. The summed E-state index contributed by atoms with van der Waals surface area (Å²) in [6.45, 7) is 6.17. The molecule has 0 fully saturated rings. The maximum atomic E-state index is 12.4. The fourth-order valence-electron chi connectivity index (χ4n) is 0.306. The third-order valence-electron chi connectivity index (χ3n) is 0.811. The molecule has 0 saturated carbocycles. The van der Waals surface area contributed by atoms with Crippen molar-refractivity contribution in [3.8, 4) is 0 Å². The van der Waals surface area contributed by atoms with E-state index in [9.17, 15) is 9.18 Å². The topological polar surface area (TPSA) is 37.3 Å². The maximum absolute atomic E-state index is 12.4. The molecule has 0 heterocycles. The smallest absolute Gasteiger partial charge is 0.338 e. The highest BCUT2D eigenvalue weighted by molar-refractivity contribution is 5.90. The lowest BCUT2D eigenvalue weighted by Gasteiger charge is -1.91. The van der Waals surface area contributed by atoms with Crippen molar-refractivity contribution >= 4 is 5.97 Å². The fraction of sp³-hybridized carbons (Fsp3) is 0. The van der Waals surface area contributed by atoms with E-state index in [1.807, 2.05) is 0 Å². The van der Waals surface area contributed by atoms with Crippen LogP contribution in [0.3, 0.4) is 0 Å². The summed E-state index contributed by atoms with van der Waals surface area (Å²) >= 11 is 0. The molecule has 54 valence electrons. The van der Waals surface area contributed by atoms with Crippen LogP contribution in [0, 0.1) is 0 Å². The number of hydrogen-bond acceptors (Lipinski definition) is 1. The quantitative estimate of drug-likeness (QED) is 0.480. The van der Waals surface area contributed by atoms with Crippen LogP contribution in [-0.2, 0) is 4.79 Å². The van der Waals surface area contributed by atoms with E-state index < -0.39 is 17.4 Å². The van der Waals surface area contributed by atoms with Crippen LogP contribution in [0.15, 0.2) is 36.7 Å². The second-order valence-corrected chi connectivity index (χ2v) is 1.53. The van der Waals surface area contributed by atoms with Gasteiger partial charge in [0, 0.05) is 0 Å². The van der Waals surface area contributed by atoms with E-state index in [2.05, 4.69) is 13.2 Å². The number of carboxylic acids is 1. The molecule has 1 N–H and O–H groups in total. The van der Waals surface area contributed by atoms with Crippen molar-refractivity contribution in [1.82, 2.24) is 0 Å². The first-order valence-corrected chi connectivity index (χ1v) is 2.50. The van der Waals surface area contributed by atoms with Crippen LogP contribution >= 0.6 is 0 Å². The Hall–Kier alpha value is -1.38. The molecule has 0 spiro atoms. The van der Waals surface area contributed by atoms with Crippen LogP contribution in [-0.4, -0.2) is 11.1 Å². The highest BCUT2D eigenvalue weighted by Gasteiger charge is 2.07. The second kappa shape index (κ2) is 3.61. The molecule has 0 rings (SSSR count). The molecule has 0 saturated heterocycles. The van der Waals surface area contributed by atoms with Gasteiger partial charge in [0.05, 0.1) is 5.57 Å². The molecule has 0 atom stereocenters. The van der Waals surface area contributed by atoms with Gasteiger partial charge in [-0.1, -0.05) is 19.2 Å². The Labute approximate surface area is 58.0 Å². The van der Waals surface area contributed by atoms with Crippen molar-refractivity contribution in [2.75, 3.05) is 0 Å². The second-order valence-electron chi connectivity index (χ2n) is 1.53. The van der Waals surface area contributed by atoms with Gasteiger partial charge in [-0.15, -0.1) is 0 Å². The van der Waals surface area contributed by atoms with Crippen molar-refractivity contribution < 1.29 is 14.3 Å². The summed E-state index contributed by atoms with van der Waals surface area (Å²) in [5.74, 6) is -2.24. The first kappa shape index (κ1) is 8.62. The standard InChI is InChI=1S/C7H7FO2/c1-3-4-6(8)5(2)7(9)10/h3-4H,1-2H2,(H,9,10)/b6-4+. The molecule has 0 aliphatic carbocycles. The van der Waals surface area contributed by atoms with Crippen LogP contribution < -0.4 is 0 Å². The number of carboxylic acid groups (broad SMARTS) is 1. The van der Waals surface area contributed by atoms with Gasteiger partial charge in [-0.05, 0) is 6.08 Å². The van der Waals surface area contributed by atoms with Gasteiger partial charge in [0.15, 0.2) is 0 Å². The molecule has 0 amide bonds. The molecule has 0 aromatic carbocycles. The number of rotatable bonds is 3. The van der Waals surface area contributed by atoms with Crippen LogP contribution in [0.1, 0.15) is 0 Å². The number of allylic oxidation sites excluding steroid dienone is 2. The Morgan fingerprint density at radius 2 is 2.10 bits per heavy atom. The normalized spacial score (nSPS) is 10.7. The number of carbonyl (C=O) groups is 1. The molecule has 10 heavy (non-hydrogen) atoms. The minimum absolute atomic E-state index is 0.556. The van der Waals surface area contributed by atoms with Crippen molar-refractivity contribution in [3.05, 3.63) is 36.7 Å². The molecule has 0 aromatic rings. The van der Waals surface area contributed by atoms with E-state index >= 15 is 0 Å². The van der Waals surface area contributed by atoms with E-state index in [-0.39, 0.29) is 0 Å². The minimum atomic E-state index is -1.37. The number of aliphatic carboxylic acids is 1. The molecule has 0 aliphatic rings. The van der Waals surface area contributed by atoms with Gasteiger partial charge in [0.25, 0.3) is 0 Å². The van der Waals surface area contributed by atoms with Crippen LogP contribution in [0.2, 0.25) is 0 Å². The van der Waals surface area contributed by atoms with Crippen LogP contribution in [0.25, 0.3) is 0 Å². The zero-order chi connectivity index (χ0) is 8.15. The molecule has 0 aliphatic heterocycles. The third kappa shape index (κ3) is 2.26. The van der Waals surface area contributed by atoms with Gasteiger partial charge in [-0.25, -0.2) is 9.18 Å². The van der Waals surface area contributed by atoms with Gasteiger partial charge in [-0.2, -0.15) is 0 Å². The Kier molecular flexibility index (Phi) is 3.11. The van der Waals surface area contributed by atoms with E-state index in [0.717, 1.165) is 12.2 Å². The summed E-state index contributed by atoms with van der Waals surface area (Å²) < 4.78 is 12.4. The van der Waals surface area contributed by atoms with Crippen molar-refractivity contribution in [3.63, 3.8) is 0 Å². The molecule has 0 aromatic heterocycles. The first-order chi connectivity index (χ1) is 4.59. The lowest BCUT2D eigenvalue weighted by Crippen LogP contribution is -1.98. The highest BCUT2D eigenvalue weighted by atomic mass is 19.1. The van der Waals surface area contributed by atoms with Gasteiger partial charge in [0.1, 0.15) is 5.83 Å². The summed E-state index contributed by atoms with van der Waals surface area (Å²) in [7, 11) is 0. The van der Waals surface area contributed by atoms with Crippen LogP contribution in [0.4, 0.5) is 4.39 Å². The van der Waals surface area contributed by atoms with Crippen LogP contribution in [0.5, 0.6) is 0 Å². The third-order valence-corrected chi connectivity index (χ3v) is 0.811. The average molecular weight is 142 g/mol. The Morgan fingerprint density at radius 1 is 1.60 bits per heavy atom. The summed E-state index contributed by atoms with van der Waals surface area (Å²) in [5.41, 5.74) is -0.556. The Balaban J connectivity index is 4.36. The van der Waals surface area contributed by atoms with Gasteiger partial charge in [-0.3, -0.25) is 0 Å². The van der Waals surface area contributed by atoms with E-state index in [1.165, 1.54) is 0 Å². The predicted molar refractivity (Wildman–Crippen MR) is 36.2 cm³/mol. The number of hydrogen-bond donors (Lipinski definition) is 1. The molecule has 3 heteroatoms. The zero-order valence-electron chi connectivity index (χ0n) is 5.30. The maximum Gasteiger partial charge on any atom is 0.338 e. The van der Waals surface area contributed by atoms with E-state index in [0.29, 0.717) is 0 Å². The largest absolute Gasteiger partial charge is 0.478 e. The van der Waals surface area contributed by atoms with Crippen molar-refractivity contribution in [1.29, 1.82) is 0 Å². The fourth-order valence-corrected chi connectivity index (χ4v) is 0.306. The molecule has 0 unspecified atom stereocenters. The van der Waals surface area contributed by atoms with Gasteiger partial charge < -0.3 is 5.11 Å². The summed E-state index contributed by atoms with van der Waals surface area (Å²) in [5, 5.41) is 8.16. The SMILES string of the molecule is C=C/C=C(/F)C(=C)C(=O)O. The van der Waals surface area contributed by atoms with Crippen molar-refractivity contribution in [2.24, 2.45) is 0 Å². The molecule has 2 nitrogen and oxygen atoms in total. The highest BCUT2D eigenvalue weighted by Crippen LogP contribution is 2.08. The molecule has 0 radical (unpaired) electrons. The average Bonchev–Trinajstić information content (AvgIpc) is 1.87. The summed E-state index contributed by atoms with van der Waals surface area (Å²) in [4.78, 5) is 10.0. The number of halogens is 1. The lowest BCUT2D eigenvalue weighted by molar-refractivity contribution is -0.132. The Bertz CT molecular complexity index is 204.